The summed E-state index contributed by atoms with van der Waals surface area (Å²) in [6.45, 7) is 1.84. The van der Waals surface area contributed by atoms with Gasteiger partial charge in [-0.15, -0.1) is 11.3 Å². The van der Waals surface area contributed by atoms with E-state index in [9.17, 15) is 9.18 Å². The topological polar surface area (TPSA) is 60.5 Å². The number of benzene rings is 2. The Morgan fingerprint density at radius 2 is 2.04 bits per heavy atom. The van der Waals surface area contributed by atoms with Crippen molar-refractivity contribution in [2.75, 3.05) is 19.5 Å². The Kier molecular flexibility index (Phi) is 5.71. The van der Waals surface area contributed by atoms with Crippen LogP contribution in [0.3, 0.4) is 0 Å². The number of hydrogen-bond acceptors (Lipinski definition) is 5. The minimum Gasteiger partial charge on any atom is -0.493 e. The highest BCUT2D eigenvalue weighted by Gasteiger charge is 2.16. The maximum Gasteiger partial charge on any atom is 0.230 e. The first-order valence-electron chi connectivity index (χ1n) is 8.23. The molecule has 0 atom stereocenters. The maximum atomic E-state index is 13.8. The first kappa shape index (κ1) is 18.8. The zero-order valence-electron chi connectivity index (χ0n) is 15.2. The Morgan fingerprint density at radius 3 is 2.78 bits per heavy atom. The predicted molar refractivity (Wildman–Crippen MR) is 104 cm³/mol. The molecular formula is C20H19FN2O3S. The molecule has 0 saturated carbocycles. The third-order valence-corrected chi connectivity index (χ3v) is 4.85. The van der Waals surface area contributed by atoms with Crippen molar-refractivity contribution < 1.29 is 18.7 Å². The van der Waals surface area contributed by atoms with E-state index in [4.69, 9.17) is 9.47 Å². The van der Waals surface area contributed by atoms with E-state index < -0.39 is 5.82 Å². The number of halogens is 1. The van der Waals surface area contributed by atoms with E-state index in [0.29, 0.717) is 17.2 Å². The number of aromatic nitrogens is 1. The fourth-order valence-electron chi connectivity index (χ4n) is 2.66. The van der Waals surface area contributed by atoms with Crippen LogP contribution >= 0.6 is 11.3 Å². The predicted octanol–water partition coefficient (Wildman–Crippen LogP) is 4.46. The molecule has 0 aliphatic heterocycles. The molecule has 1 heterocycles. The Labute approximate surface area is 160 Å². The summed E-state index contributed by atoms with van der Waals surface area (Å²) >= 11 is 1.40. The van der Waals surface area contributed by atoms with Crippen LogP contribution in [0.15, 0.2) is 41.8 Å². The minimum absolute atomic E-state index is 0.0518. The second-order valence-corrected chi connectivity index (χ2v) is 6.75. The number of hydrogen-bond donors (Lipinski definition) is 1. The van der Waals surface area contributed by atoms with E-state index >= 15 is 0 Å². The van der Waals surface area contributed by atoms with E-state index in [1.165, 1.54) is 17.4 Å². The summed E-state index contributed by atoms with van der Waals surface area (Å²) in [5.74, 6) is 0.412. The molecule has 0 aliphatic carbocycles. The van der Waals surface area contributed by atoms with Crippen LogP contribution in [-0.4, -0.2) is 25.1 Å². The molecule has 0 aliphatic rings. The van der Waals surface area contributed by atoms with Crippen molar-refractivity contribution in [1.29, 1.82) is 0 Å². The van der Waals surface area contributed by atoms with Crippen LogP contribution in [-0.2, 0) is 11.2 Å². The number of nitrogens with zero attached hydrogens (tertiary/aromatic N) is 1. The molecule has 0 unspecified atom stereocenters. The van der Waals surface area contributed by atoms with Crippen molar-refractivity contribution in [2.45, 2.75) is 13.3 Å². The van der Waals surface area contributed by atoms with Crippen molar-refractivity contribution in [3.05, 3.63) is 58.9 Å². The van der Waals surface area contributed by atoms with Crippen molar-refractivity contribution in [1.82, 2.24) is 4.98 Å². The normalized spacial score (nSPS) is 10.5. The molecule has 140 valence electrons. The molecule has 3 aromatic rings. The minimum atomic E-state index is -0.464. The zero-order chi connectivity index (χ0) is 19.4. The van der Waals surface area contributed by atoms with E-state index in [1.54, 1.807) is 37.8 Å². The fraction of sp³-hybridized carbons (Fsp3) is 0.200. The van der Waals surface area contributed by atoms with Gasteiger partial charge in [0.15, 0.2) is 11.5 Å². The highest BCUT2D eigenvalue weighted by molar-refractivity contribution is 7.13. The molecule has 2 aromatic carbocycles. The third kappa shape index (κ3) is 4.25. The molecule has 1 amide bonds. The number of thiazole rings is 1. The van der Waals surface area contributed by atoms with Gasteiger partial charge in [-0.1, -0.05) is 12.1 Å². The van der Waals surface area contributed by atoms with Gasteiger partial charge in [-0.25, -0.2) is 9.37 Å². The van der Waals surface area contributed by atoms with Crippen LogP contribution in [0.2, 0.25) is 0 Å². The number of para-hydroxylation sites is 1. The maximum absolute atomic E-state index is 13.8. The first-order valence-corrected chi connectivity index (χ1v) is 9.11. The van der Waals surface area contributed by atoms with Gasteiger partial charge in [-0.2, -0.15) is 0 Å². The third-order valence-electron chi connectivity index (χ3n) is 3.92. The average molecular weight is 386 g/mol. The van der Waals surface area contributed by atoms with Crippen LogP contribution < -0.4 is 14.8 Å². The van der Waals surface area contributed by atoms with E-state index in [-0.39, 0.29) is 18.0 Å². The van der Waals surface area contributed by atoms with Gasteiger partial charge in [0, 0.05) is 5.38 Å². The Balaban J connectivity index is 1.77. The lowest BCUT2D eigenvalue weighted by atomic mass is 10.2. The quantitative estimate of drug-likeness (QED) is 0.680. The van der Waals surface area contributed by atoms with E-state index in [2.05, 4.69) is 10.3 Å². The summed E-state index contributed by atoms with van der Waals surface area (Å²) < 4.78 is 24.5. The lowest BCUT2D eigenvalue weighted by molar-refractivity contribution is -0.115. The smallest absolute Gasteiger partial charge is 0.230 e. The van der Waals surface area contributed by atoms with Crippen LogP contribution in [0.4, 0.5) is 10.1 Å². The van der Waals surface area contributed by atoms with Gasteiger partial charge < -0.3 is 14.8 Å². The highest BCUT2D eigenvalue weighted by Crippen LogP contribution is 2.39. The van der Waals surface area contributed by atoms with E-state index in [0.717, 1.165) is 16.1 Å². The molecule has 1 aromatic heterocycles. The lowest BCUT2D eigenvalue weighted by Gasteiger charge is -2.10. The molecule has 0 fully saturated rings. The van der Waals surface area contributed by atoms with Gasteiger partial charge in [-0.05, 0) is 36.8 Å². The Hall–Kier alpha value is -2.93. The molecule has 1 N–H and O–H groups in total. The van der Waals surface area contributed by atoms with Gasteiger partial charge >= 0.3 is 0 Å². The molecular weight excluding hydrogens is 367 g/mol. The summed E-state index contributed by atoms with van der Waals surface area (Å²) in [6, 6.07) is 10.1. The zero-order valence-corrected chi connectivity index (χ0v) is 16.0. The number of ether oxygens (including phenoxy) is 2. The summed E-state index contributed by atoms with van der Waals surface area (Å²) in [5, 5.41) is 5.12. The Morgan fingerprint density at radius 1 is 1.22 bits per heavy atom. The SMILES string of the molecule is COc1cccc(-c2nc(CC(=O)Nc3cc(C)ccc3F)cs2)c1OC. The van der Waals surface area contributed by atoms with Gasteiger partial charge in [0.1, 0.15) is 10.8 Å². The standard InChI is InChI=1S/C20H19FN2O3S/c1-12-7-8-15(21)16(9-12)23-18(24)10-13-11-27-20(22-13)14-5-4-6-17(25-2)19(14)26-3/h4-9,11H,10H2,1-3H3,(H,23,24). The molecule has 7 heteroatoms. The number of rotatable bonds is 6. The molecule has 0 radical (unpaired) electrons. The highest BCUT2D eigenvalue weighted by atomic mass is 32.1. The van der Waals surface area contributed by atoms with Crippen LogP contribution in [0, 0.1) is 12.7 Å². The van der Waals surface area contributed by atoms with Crippen LogP contribution in [0.5, 0.6) is 11.5 Å². The van der Waals surface area contributed by atoms with E-state index in [1.807, 2.05) is 19.1 Å². The molecule has 5 nitrogen and oxygen atoms in total. The fourth-order valence-corrected chi connectivity index (χ4v) is 3.50. The lowest BCUT2D eigenvalue weighted by Crippen LogP contribution is -2.15. The number of carbonyl (C=O) groups is 1. The average Bonchev–Trinajstić information content (AvgIpc) is 3.12. The number of carbonyl (C=O) groups excluding carboxylic acids is 1. The van der Waals surface area contributed by atoms with Crippen LogP contribution in [0.25, 0.3) is 10.6 Å². The number of methoxy groups -OCH3 is 2. The number of nitrogens with one attached hydrogen (secondary N) is 1. The number of aryl methyl sites for hydroxylation is 1. The van der Waals surface area contributed by atoms with Gasteiger partial charge in [0.05, 0.1) is 37.6 Å². The van der Waals surface area contributed by atoms with Crippen LogP contribution in [0.1, 0.15) is 11.3 Å². The molecule has 3 rings (SSSR count). The second-order valence-electron chi connectivity index (χ2n) is 5.89. The number of anilines is 1. The molecule has 0 saturated heterocycles. The Bertz CT molecular complexity index is 972. The van der Waals surface area contributed by atoms with Crippen molar-refractivity contribution in [2.24, 2.45) is 0 Å². The largest absolute Gasteiger partial charge is 0.493 e. The van der Waals surface area contributed by atoms with Gasteiger partial charge in [-0.3, -0.25) is 4.79 Å². The van der Waals surface area contributed by atoms with Gasteiger partial charge in [0.25, 0.3) is 0 Å². The summed E-state index contributed by atoms with van der Waals surface area (Å²) in [6.07, 6.45) is 0.0518. The monoisotopic (exact) mass is 386 g/mol. The molecule has 27 heavy (non-hydrogen) atoms. The first-order chi connectivity index (χ1) is 13.0. The molecule has 0 bridgehead atoms. The second kappa shape index (κ2) is 8.18. The summed E-state index contributed by atoms with van der Waals surface area (Å²) in [7, 11) is 3.14. The molecule has 0 spiro atoms. The van der Waals surface area contributed by atoms with Crippen molar-refractivity contribution in [3.63, 3.8) is 0 Å². The van der Waals surface area contributed by atoms with Crippen molar-refractivity contribution >= 4 is 22.9 Å². The summed E-state index contributed by atoms with van der Waals surface area (Å²) in [4.78, 5) is 16.8. The summed E-state index contributed by atoms with van der Waals surface area (Å²) in [5.41, 5.74) is 2.43. The van der Waals surface area contributed by atoms with Crippen molar-refractivity contribution in [3.8, 4) is 22.1 Å². The number of amides is 1. The van der Waals surface area contributed by atoms with Gasteiger partial charge in [0.2, 0.25) is 5.91 Å².